The van der Waals surface area contributed by atoms with Crippen LogP contribution in [0.1, 0.15) is 43.0 Å². The van der Waals surface area contributed by atoms with Gasteiger partial charge in [-0.3, -0.25) is 4.79 Å². The Morgan fingerprint density at radius 3 is 2.60 bits per heavy atom. The number of aromatic nitrogens is 3. The summed E-state index contributed by atoms with van der Waals surface area (Å²) in [6.45, 7) is 1.96. The van der Waals surface area contributed by atoms with E-state index < -0.39 is 5.97 Å². The molecular weight excluding hydrogens is 380 g/mol. The van der Waals surface area contributed by atoms with E-state index in [4.69, 9.17) is 4.74 Å². The van der Waals surface area contributed by atoms with Gasteiger partial charge in [0.15, 0.2) is 12.3 Å². The highest BCUT2D eigenvalue weighted by Gasteiger charge is 2.26. The SMILES string of the molecule is CC1CCC(N(C)C(=O)COC(=O)c2cnn3c(-c4ccccc4)ccnc23)CC1. The third kappa shape index (κ3) is 4.06. The Morgan fingerprint density at radius 2 is 1.87 bits per heavy atom. The summed E-state index contributed by atoms with van der Waals surface area (Å²) >= 11 is 0. The van der Waals surface area contributed by atoms with Gasteiger partial charge in [-0.2, -0.15) is 5.10 Å². The van der Waals surface area contributed by atoms with Crippen LogP contribution in [0.2, 0.25) is 0 Å². The van der Waals surface area contributed by atoms with Gasteiger partial charge in [0.2, 0.25) is 0 Å². The third-order valence-electron chi connectivity index (χ3n) is 5.94. The van der Waals surface area contributed by atoms with E-state index in [9.17, 15) is 9.59 Å². The number of nitrogens with zero attached hydrogens (tertiary/aromatic N) is 4. The van der Waals surface area contributed by atoms with Crippen molar-refractivity contribution < 1.29 is 14.3 Å². The van der Waals surface area contributed by atoms with Gasteiger partial charge in [-0.05, 0) is 37.7 Å². The molecule has 1 aliphatic rings. The van der Waals surface area contributed by atoms with Gasteiger partial charge in [0.05, 0.1) is 11.9 Å². The van der Waals surface area contributed by atoms with E-state index in [1.807, 2.05) is 36.4 Å². The maximum Gasteiger partial charge on any atom is 0.344 e. The second-order valence-electron chi connectivity index (χ2n) is 7.98. The van der Waals surface area contributed by atoms with Crippen LogP contribution in [0.4, 0.5) is 0 Å². The molecule has 0 bridgehead atoms. The molecule has 0 radical (unpaired) electrons. The summed E-state index contributed by atoms with van der Waals surface area (Å²) in [6.07, 6.45) is 7.32. The van der Waals surface area contributed by atoms with Gasteiger partial charge in [0, 0.05) is 24.8 Å². The van der Waals surface area contributed by atoms with Crippen molar-refractivity contribution in [1.29, 1.82) is 0 Å². The van der Waals surface area contributed by atoms with Crippen LogP contribution >= 0.6 is 0 Å². The minimum atomic E-state index is -0.596. The molecule has 156 valence electrons. The molecule has 0 saturated heterocycles. The van der Waals surface area contributed by atoms with Gasteiger partial charge in [0.25, 0.3) is 5.91 Å². The molecule has 0 N–H and O–H groups in total. The Morgan fingerprint density at radius 1 is 1.13 bits per heavy atom. The molecule has 1 amide bonds. The number of rotatable bonds is 5. The van der Waals surface area contributed by atoms with E-state index in [2.05, 4.69) is 17.0 Å². The minimum Gasteiger partial charge on any atom is -0.452 e. The number of benzene rings is 1. The Kier molecular flexibility index (Phi) is 5.79. The number of hydrogen-bond acceptors (Lipinski definition) is 5. The predicted molar refractivity (Wildman–Crippen MR) is 113 cm³/mol. The number of amides is 1. The number of fused-ring (bicyclic) bond motifs is 1. The zero-order valence-electron chi connectivity index (χ0n) is 17.3. The smallest absolute Gasteiger partial charge is 0.344 e. The number of carbonyl (C=O) groups excluding carboxylic acids is 2. The van der Waals surface area contributed by atoms with Gasteiger partial charge >= 0.3 is 5.97 Å². The molecule has 1 aliphatic carbocycles. The zero-order valence-corrected chi connectivity index (χ0v) is 17.3. The van der Waals surface area contributed by atoms with Crippen molar-refractivity contribution in [1.82, 2.24) is 19.5 Å². The number of ether oxygens (including phenoxy) is 1. The highest BCUT2D eigenvalue weighted by Crippen LogP contribution is 2.26. The molecule has 0 aliphatic heterocycles. The Bertz CT molecular complexity index is 1040. The lowest BCUT2D eigenvalue weighted by Gasteiger charge is -2.33. The van der Waals surface area contributed by atoms with Crippen molar-refractivity contribution in [3.05, 3.63) is 54.4 Å². The normalized spacial score (nSPS) is 18.9. The van der Waals surface area contributed by atoms with Crippen molar-refractivity contribution in [2.24, 2.45) is 5.92 Å². The summed E-state index contributed by atoms with van der Waals surface area (Å²) < 4.78 is 6.93. The number of esters is 1. The average Bonchev–Trinajstić information content (AvgIpc) is 3.22. The molecular formula is C23H26N4O3. The van der Waals surface area contributed by atoms with Gasteiger partial charge in [-0.1, -0.05) is 37.3 Å². The summed E-state index contributed by atoms with van der Waals surface area (Å²) in [5.74, 6) is -0.0643. The van der Waals surface area contributed by atoms with E-state index in [1.54, 1.807) is 22.7 Å². The van der Waals surface area contributed by atoms with Crippen molar-refractivity contribution in [3.63, 3.8) is 0 Å². The molecule has 0 spiro atoms. The lowest BCUT2D eigenvalue weighted by atomic mass is 9.87. The highest BCUT2D eigenvalue weighted by molar-refractivity contribution is 5.97. The summed E-state index contributed by atoms with van der Waals surface area (Å²) in [5.41, 5.74) is 2.44. The maximum absolute atomic E-state index is 12.6. The molecule has 1 saturated carbocycles. The molecule has 0 atom stereocenters. The molecule has 0 unspecified atom stereocenters. The molecule has 2 heterocycles. The van der Waals surface area contributed by atoms with E-state index in [0.717, 1.165) is 36.9 Å². The monoisotopic (exact) mass is 406 g/mol. The highest BCUT2D eigenvalue weighted by atomic mass is 16.5. The van der Waals surface area contributed by atoms with Crippen molar-refractivity contribution in [3.8, 4) is 11.3 Å². The first-order valence-corrected chi connectivity index (χ1v) is 10.4. The molecule has 7 nitrogen and oxygen atoms in total. The molecule has 2 aromatic heterocycles. The van der Waals surface area contributed by atoms with Crippen molar-refractivity contribution in [2.45, 2.75) is 38.6 Å². The molecule has 1 fully saturated rings. The van der Waals surface area contributed by atoms with Crippen LogP contribution in [0.15, 0.2) is 48.8 Å². The van der Waals surface area contributed by atoms with Crippen LogP contribution in [-0.4, -0.2) is 51.1 Å². The van der Waals surface area contributed by atoms with E-state index in [-0.39, 0.29) is 24.1 Å². The second-order valence-corrected chi connectivity index (χ2v) is 7.98. The quantitative estimate of drug-likeness (QED) is 0.605. The molecule has 4 rings (SSSR count). The first kappa shape index (κ1) is 20.1. The first-order chi connectivity index (χ1) is 14.5. The van der Waals surface area contributed by atoms with Crippen LogP contribution in [0.25, 0.3) is 16.9 Å². The zero-order chi connectivity index (χ0) is 21.1. The van der Waals surface area contributed by atoms with Gasteiger partial charge in [-0.15, -0.1) is 0 Å². The second kappa shape index (κ2) is 8.65. The average molecular weight is 406 g/mol. The largest absolute Gasteiger partial charge is 0.452 e. The van der Waals surface area contributed by atoms with E-state index >= 15 is 0 Å². The fourth-order valence-corrected chi connectivity index (χ4v) is 4.00. The topological polar surface area (TPSA) is 76.8 Å². The number of carbonyl (C=O) groups is 2. The van der Waals surface area contributed by atoms with Gasteiger partial charge in [0.1, 0.15) is 5.56 Å². The number of likely N-dealkylation sites (N-methyl/N-ethyl adjacent to an activating group) is 1. The molecule has 7 heteroatoms. The van der Waals surface area contributed by atoms with Crippen LogP contribution in [0.5, 0.6) is 0 Å². The van der Waals surface area contributed by atoms with Crippen LogP contribution in [-0.2, 0) is 9.53 Å². The summed E-state index contributed by atoms with van der Waals surface area (Å²) in [7, 11) is 1.79. The molecule has 3 aromatic rings. The lowest BCUT2D eigenvalue weighted by Crippen LogP contribution is -2.41. The fraction of sp³-hybridized carbons (Fsp3) is 0.391. The Hall–Kier alpha value is -3.22. The van der Waals surface area contributed by atoms with E-state index in [1.165, 1.54) is 6.20 Å². The third-order valence-corrected chi connectivity index (χ3v) is 5.94. The van der Waals surface area contributed by atoms with Crippen LogP contribution in [0, 0.1) is 5.92 Å². The Balaban J connectivity index is 1.44. The maximum atomic E-state index is 12.6. The molecule has 1 aromatic carbocycles. The van der Waals surface area contributed by atoms with Crippen LogP contribution in [0.3, 0.4) is 0 Å². The van der Waals surface area contributed by atoms with E-state index in [0.29, 0.717) is 11.6 Å². The summed E-state index contributed by atoms with van der Waals surface area (Å²) in [4.78, 5) is 31.2. The molecule has 30 heavy (non-hydrogen) atoms. The standard InChI is InChI=1S/C23H26N4O3/c1-16-8-10-18(11-9-16)26(2)21(28)15-30-23(29)19-14-25-27-20(12-13-24-22(19)27)17-6-4-3-5-7-17/h3-7,12-14,16,18H,8-11,15H2,1-2H3. The van der Waals surface area contributed by atoms with Crippen molar-refractivity contribution >= 4 is 17.5 Å². The Labute approximate surface area is 175 Å². The minimum absolute atomic E-state index is 0.183. The lowest BCUT2D eigenvalue weighted by molar-refractivity contribution is -0.136. The summed E-state index contributed by atoms with van der Waals surface area (Å²) in [5, 5.41) is 4.32. The fourth-order valence-electron chi connectivity index (χ4n) is 4.00. The van der Waals surface area contributed by atoms with Gasteiger partial charge < -0.3 is 9.64 Å². The number of hydrogen-bond donors (Lipinski definition) is 0. The van der Waals surface area contributed by atoms with Crippen molar-refractivity contribution in [2.75, 3.05) is 13.7 Å². The summed E-state index contributed by atoms with van der Waals surface area (Å²) in [6, 6.07) is 11.8. The van der Waals surface area contributed by atoms with Crippen LogP contribution < -0.4 is 0 Å². The first-order valence-electron chi connectivity index (χ1n) is 10.4. The van der Waals surface area contributed by atoms with Gasteiger partial charge in [-0.25, -0.2) is 14.3 Å². The predicted octanol–water partition coefficient (Wildman–Crippen LogP) is 3.59.